The molecule has 174 valence electrons. The second-order valence-electron chi connectivity index (χ2n) is 5.80. The first kappa shape index (κ1) is 28.0. The van der Waals surface area contributed by atoms with Crippen molar-refractivity contribution in [1.82, 2.24) is 16.0 Å². The number of amides is 1. The molecule has 0 saturated heterocycles. The average molecular weight is 461 g/mol. The summed E-state index contributed by atoms with van der Waals surface area (Å²) in [5.74, 6) is -15.1. The third-order valence-corrected chi connectivity index (χ3v) is 6.70. The largest absolute Gasteiger partial charge is 0.500 e. The van der Waals surface area contributed by atoms with Crippen LogP contribution in [0.5, 0.6) is 0 Å². The highest BCUT2D eigenvalue weighted by molar-refractivity contribution is 6.60. The van der Waals surface area contributed by atoms with E-state index in [1.54, 1.807) is 0 Å². The molecule has 0 spiro atoms. The summed E-state index contributed by atoms with van der Waals surface area (Å²) < 4.78 is 103. The first-order valence-electron chi connectivity index (χ1n) is 8.49. The molecule has 29 heavy (non-hydrogen) atoms. The van der Waals surface area contributed by atoms with Gasteiger partial charge in [0, 0.05) is 53.6 Å². The van der Waals surface area contributed by atoms with E-state index in [1.807, 2.05) is 0 Å². The molecule has 0 bridgehead atoms. The fourth-order valence-electron chi connectivity index (χ4n) is 2.11. The highest BCUT2D eigenvalue weighted by atomic mass is 28.4. The van der Waals surface area contributed by atoms with Crippen LogP contribution in [0.1, 0.15) is 6.42 Å². The van der Waals surface area contributed by atoms with E-state index in [0.717, 1.165) is 0 Å². The Morgan fingerprint density at radius 1 is 0.793 bits per heavy atom. The van der Waals surface area contributed by atoms with Crippen molar-refractivity contribution in [2.45, 2.75) is 30.5 Å². The lowest BCUT2D eigenvalue weighted by Gasteiger charge is -2.27. The molecule has 1 amide bonds. The minimum atomic E-state index is -6.55. The van der Waals surface area contributed by atoms with Crippen LogP contribution in [0.15, 0.2) is 0 Å². The van der Waals surface area contributed by atoms with Crippen molar-refractivity contribution in [3.63, 3.8) is 0 Å². The van der Waals surface area contributed by atoms with E-state index in [2.05, 4.69) is 10.6 Å². The Balaban J connectivity index is 3.97. The molecule has 0 heterocycles. The predicted molar refractivity (Wildman–Crippen MR) is 90.9 cm³/mol. The van der Waals surface area contributed by atoms with Gasteiger partial charge < -0.3 is 29.2 Å². The maximum atomic E-state index is 13.1. The summed E-state index contributed by atoms with van der Waals surface area (Å²) in [6, 6.07) is 0.583. The van der Waals surface area contributed by atoms with Gasteiger partial charge in [0.1, 0.15) is 0 Å². The third-order valence-electron chi connectivity index (χ3n) is 3.87. The van der Waals surface area contributed by atoms with Crippen molar-refractivity contribution in [1.29, 1.82) is 0 Å². The smallest absolute Gasteiger partial charge is 0.377 e. The predicted octanol–water partition coefficient (Wildman–Crippen LogP) is 1.38. The molecular formula is C14H26F7N3O4Si. The molecule has 0 saturated carbocycles. The van der Waals surface area contributed by atoms with E-state index < -0.39 is 39.3 Å². The van der Waals surface area contributed by atoms with Crippen LogP contribution >= 0.6 is 0 Å². The topological polar surface area (TPSA) is 80.9 Å². The van der Waals surface area contributed by atoms with Gasteiger partial charge in [-0.25, -0.2) is 0 Å². The number of alkyl halides is 7. The maximum absolute atomic E-state index is 13.1. The lowest BCUT2D eigenvalue weighted by atomic mass is 10.1. The summed E-state index contributed by atoms with van der Waals surface area (Å²) in [7, 11) is 1.85. The lowest BCUT2D eigenvalue weighted by molar-refractivity contribution is -0.344. The Kier molecular flexibility index (Phi) is 11.6. The quantitative estimate of drug-likeness (QED) is 0.194. The minimum Gasteiger partial charge on any atom is -0.377 e. The van der Waals surface area contributed by atoms with Crippen molar-refractivity contribution in [3.05, 3.63) is 0 Å². The van der Waals surface area contributed by atoms with E-state index in [1.165, 1.54) is 26.6 Å². The van der Waals surface area contributed by atoms with Crippen LogP contribution in [-0.2, 0) is 18.1 Å². The summed E-state index contributed by atoms with van der Waals surface area (Å²) >= 11 is 0. The SMILES string of the molecule is CO[Si](CCCNCCNCCNC(=O)C(F)(F)C(F)(F)C(F)(F)F)(OC)OC. The lowest BCUT2D eigenvalue weighted by Crippen LogP contribution is -2.59. The van der Waals surface area contributed by atoms with Crippen LogP contribution < -0.4 is 16.0 Å². The molecule has 0 atom stereocenters. The van der Waals surface area contributed by atoms with Crippen molar-refractivity contribution in [3.8, 4) is 0 Å². The Morgan fingerprint density at radius 3 is 1.69 bits per heavy atom. The van der Waals surface area contributed by atoms with Crippen LogP contribution in [0.25, 0.3) is 0 Å². The molecular weight excluding hydrogens is 435 g/mol. The van der Waals surface area contributed by atoms with E-state index in [0.29, 0.717) is 32.1 Å². The van der Waals surface area contributed by atoms with E-state index in [-0.39, 0.29) is 6.54 Å². The Morgan fingerprint density at radius 2 is 1.24 bits per heavy atom. The summed E-state index contributed by atoms with van der Waals surface area (Å²) in [4.78, 5) is 11.0. The number of carbonyl (C=O) groups excluding carboxylic acids is 1. The number of nitrogens with one attached hydrogen (secondary N) is 3. The summed E-state index contributed by atoms with van der Waals surface area (Å²) in [6.45, 7) is 0.742. The van der Waals surface area contributed by atoms with Crippen LogP contribution in [0.2, 0.25) is 6.04 Å². The van der Waals surface area contributed by atoms with Gasteiger partial charge in [-0.2, -0.15) is 30.7 Å². The Bertz CT molecular complexity index is 486. The normalized spacial score (nSPS) is 13.6. The molecule has 0 aromatic heterocycles. The molecule has 0 rings (SSSR count). The Hall–Kier alpha value is -1.00. The Labute approximate surface area is 165 Å². The summed E-state index contributed by atoms with van der Waals surface area (Å²) in [5.41, 5.74) is 0. The monoisotopic (exact) mass is 461 g/mol. The van der Waals surface area contributed by atoms with Gasteiger partial charge in [-0.1, -0.05) is 0 Å². The zero-order valence-electron chi connectivity index (χ0n) is 16.2. The van der Waals surface area contributed by atoms with Gasteiger partial charge in [0.15, 0.2) is 0 Å². The van der Waals surface area contributed by atoms with Gasteiger partial charge in [0.2, 0.25) is 0 Å². The molecule has 0 aliphatic rings. The highest BCUT2D eigenvalue weighted by Gasteiger charge is 2.76. The van der Waals surface area contributed by atoms with Gasteiger partial charge in [0.05, 0.1) is 0 Å². The fourth-order valence-corrected chi connectivity index (χ4v) is 3.83. The van der Waals surface area contributed by atoms with Crippen molar-refractivity contribution in [2.24, 2.45) is 0 Å². The number of rotatable bonds is 15. The zero-order valence-corrected chi connectivity index (χ0v) is 17.2. The molecule has 0 aliphatic carbocycles. The molecule has 0 unspecified atom stereocenters. The summed E-state index contributed by atoms with van der Waals surface area (Å²) in [5, 5.41) is 7.12. The molecule has 0 fully saturated rings. The van der Waals surface area contributed by atoms with E-state index >= 15 is 0 Å². The van der Waals surface area contributed by atoms with Crippen LogP contribution in [0.4, 0.5) is 30.7 Å². The van der Waals surface area contributed by atoms with Gasteiger partial charge in [-0.15, -0.1) is 0 Å². The number of hydrogen-bond donors (Lipinski definition) is 3. The number of halogens is 7. The zero-order chi connectivity index (χ0) is 22.8. The second kappa shape index (κ2) is 12.0. The first-order chi connectivity index (χ1) is 13.3. The molecule has 15 heteroatoms. The molecule has 0 aromatic rings. The van der Waals surface area contributed by atoms with Gasteiger partial charge >= 0.3 is 26.8 Å². The van der Waals surface area contributed by atoms with Gasteiger partial charge in [0.25, 0.3) is 5.91 Å². The first-order valence-corrected chi connectivity index (χ1v) is 10.4. The standard InChI is InChI=1S/C14H26F7N3O4Si/c1-26-29(27-2,28-3)10-4-5-22-6-7-23-8-9-24-11(25)12(15,16)13(17,18)14(19,20)21/h22-23H,4-10H2,1-3H3,(H,24,25). The molecule has 3 N–H and O–H groups in total. The molecule has 0 radical (unpaired) electrons. The van der Waals surface area contributed by atoms with Gasteiger partial charge in [-0.3, -0.25) is 4.79 Å². The van der Waals surface area contributed by atoms with Crippen LogP contribution in [-0.4, -0.2) is 86.8 Å². The third kappa shape index (κ3) is 7.97. The van der Waals surface area contributed by atoms with E-state index in [9.17, 15) is 35.5 Å². The van der Waals surface area contributed by atoms with Crippen molar-refractivity contribution < 1.29 is 48.8 Å². The van der Waals surface area contributed by atoms with Crippen LogP contribution in [0.3, 0.4) is 0 Å². The second-order valence-corrected chi connectivity index (χ2v) is 8.89. The molecule has 0 aromatic carbocycles. The molecule has 7 nitrogen and oxygen atoms in total. The minimum absolute atomic E-state index is 0.103. The van der Waals surface area contributed by atoms with Crippen molar-refractivity contribution in [2.75, 3.05) is 54.1 Å². The highest BCUT2D eigenvalue weighted by Crippen LogP contribution is 2.46. The van der Waals surface area contributed by atoms with Crippen molar-refractivity contribution >= 4 is 14.7 Å². The maximum Gasteiger partial charge on any atom is 0.500 e. The number of hydrogen-bond acceptors (Lipinski definition) is 6. The average Bonchev–Trinajstić information content (AvgIpc) is 2.65. The van der Waals surface area contributed by atoms with Gasteiger partial charge in [-0.05, 0) is 13.0 Å². The summed E-state index contributed by atoms with van der Waals surface area (Å²) in [6.07, 6.45) is -5.85. The van der Waals surface area contributed by atoms with E-state index in [4.69, 9.17) is 13.3 Å². The number of carbonyl (C=O) groups is 1. The van der Waals surface area contributed by atoms with Crippen LogP contribution in [0, 0.1) is 0 Å². The molecule has 0 aliphatic heterocycles. The fraction of sp³-hybridized carbons (Fsp3) is 0.929.